The van der Waals surface area contributed by atoms with Gasteiger partial charge in [-0.1, -0.05) is 53.2 Å². The fourth-order valence-corrected chi connectivity index (χ4v) is 10.8. The van der Waals surface area contributed by atoms with E-state index in [-0.39, 0.29) is 40.1 Å². The molecule has 5 nitrogen and oxygen atoms in total. The first kappa shape index (κ1) is 25.7. The summed E-state index contributed by atoms with van der Waals surface area (Å²) in [6.07, 6.45) is 8.40. The Morgan fingerprint density at radius 1 is 0.943 bits per heavy atom. The molecule has 5 aliphatic carbocycles. The van der Waals surface area contributed by atoms with Crippen LogP contribution in [0.5, 0.6) is 0 Å². The molecule has 5 aliphatic rings. The summed E-state index contributed by atoms with van der Waals surface area (Å²) in [6, 6.07) is 0. The number of carboxylic acids is 1. The highest BCUT2D eigenvalue weighted by molar-refractivity contribution is 5.76. The standard InChI is InChI=1S/C30H48O5/c1-25(2)11-13-30(24(34)35)14-12-28(5)18(19(30)15-25)7-8-22-26(3)16-20(32)23(33)27(4,17-31)21(26)9-10-29(22,28)6/h7,19-23,31-33H,8-17H2,1-6H3,(H,34,35)/t19-,20+,21+,22+,23+,26-,27-,28+,29+,30-/m0/s1. The van der Waals surface area contributed by atoms with Gasteiger partial charge >= 0.3 is 5.97 Å². The van der Waals surface area contributed by atoms with Crippen LogP contribution in [0.3, 0.4) is 0 Å². The summed E-state index contributed by atoms with van der Waals surface area (Å²) in [5.74, 6) is -0.0472. The van der Waals surface area contributed by atoms with Crippen molar-refractivity contribution < 1.29 is 25.2 Å². The van der Waals surface area contributed by atoms with Gasteiger partial charge in [0.1, 0.15) is 0 Å². The van der Waals surface area contributed by atoms with Gasteiger partial charge in [-0.3, -0.25) is 4.79 Å². The lowest BCUT2D eigenvalue weighted by Gasteiger charge is -2.71. The minimum Gasteiger partial charge on any atom is -0.481 e. The van der Waals surface area contributed by atoms with Crippen molar-refractivity contribution >= 4 is 5.97 Å². The molecule has 0 saturated heterocycles. The summed E-state index contributed by atoms with van der Waals surface area (Å²) >= 11 is 0. The van der Waals surface area contributed by atoms with Crippen LogP contribution in [0.1, 0.15) is 99.3 Å². The van der Waals surface area contributed by atoms with Crippen LogP contribution in [0.4, 0.5) is 0 Å². The summed E-state index contributed by atoms with van der Waals surface area (Å²) in [6.45, 7) is 13.6. The molecule has 0 bridgehead atoms. The number of carbonyl (C=O) groups is 1. The fraction of sp³-hybridized carbons (Fsp3) is 0.900. The van der Waals surface area contributed by atoms with Crippen LogP contribution < -0.4 is 0 Å². The molecule has 198 valence electrons. The minimum absolute atomic E-state index is 0.00698. The fourth-order valence-electron chi connectivity index (χ4n) is 10.8. The predicted octanol–water partition coefficient (Wildman–Crippen LogP) is 5.18. The number of allylic oxidation sites excluding steroid dienone is 2. The zero-order valence-corrected chi connectivity index (χ0v) is 22.7. The first-order chi connectivity index (χ1) is 16.1. The number of fused-ring (bicyclic) bond motifs is 7. The van der Waals surface area contributed by atoms with Crippen molar-refractivity contribution in [3.63, 3.8) is 0 Å². The highest BCUT2D eigenvalue weighted by Gasteiger charge is 2.70. The molecule has 0 heterocycles. The molecule has 5 rings (SSSR count). The largest absolute Gasteiger partial charge is 0.481 e. The predicted molar refractivity (Wildman–Crippen MR) is 135 cm³/mol. The minimum atomic E-state index is -0.907. The van der Waals surface area contributed by atoms with Gasteiger partial charge < -0.3 is 20.4 Å². The van der Waals surface area contributed by atoms with Crippen LogP contribution in [0, 0.1) is 50.2 Å². The molecule has 35 heavy (non-hydrogen) atoms. The Balaban J connectivity index is 1.61. The molecule has 0 aromatic carbocycles. The van der Waals surface area contributed by atoms with Crippen molar-refractivity contribution in [3.8, 4) is 0 Å². The lowest BCUT2D eigenvalue weighted by molar-refractivity contribution is -0.243. The number of hydrogen-bond acceptors (Lipinski definition) is 4. The van der Waals surface area contributed by atoms with E-state index in [4.69, 9.17) is 0 Å². The third-order valence-corrected chi connectivity index (χ3v) is 13.2. The quantitative estimate of drug-likeness (QED) is 0.402. The highest BCUT2D eigenvalue weighted by Crippen LogP contribution is 2.75. The first-order valence-corrected chi connectivity index (χ1v) is 14.0. The third-order valence-electron chi connectivity index (χ3n) is 13.2. The second-order valence-electron chi connectivity index (χ2n) is 15.1. The van der Waals surface area contributed by atoms with E-state index < -0.39 is 29.0 Å². The van der Waals surface area contributed by atoms with Gasteiger partial charge in [-0.15, -0.1) is 0 Å². The maximum atomic E-state index is 12.8. The Morgan fingerprint density at radius 3 is 2.23 bits per heavy atom. The molecule has 4 N–H and O–H groups in total. The topological polar surface area (TPSA) is 98.0 Å². The maximum Gasteiger partial charge on any atom is 0.310 e. The Bertz CT molecular complexity index is 941. The monoisotopic (exact) mass is 488 g/mol. The van der Waals surface area contributed by atoms with E-state index in [2.05, 4.69) is 40.7 Å². The molecule has 0 aromatic rings. The molecule has 0 aliphatic heterocycles. The van der Waals surface area contributed by atoms with Crippen LogP contribution in [-0.4, -0.2) is 45.2 Å². The van der Waals surface area contributed by atoms with E-state index in [1.165, 1.54) is 5.57 Å². The van der Waals surface area contributed by atoms with Crippen LogP contribution in [-0.2, 0) is 4.79 Å². The summed E-state index contributed by atoms with van der Waals surface area (Å²) in [7, 11) is 0. The van der Waals surface area contributed by atoms with Crippen molar-refractivity contribution in [2.75, 3.05) is 6.61 Å². The van der Waals surface area contributed by atoms with E-state index in [9.17, 15) is 25.2 Å². The number of aliphatic hydroxyl groups excluding tert-OH is 3. The Morgan fingerprint density at radius 2 is 1.60 bits per heavy atom. The average molecular weight is 489 g/mol. The van der Waals surface area contributed by atoms with E-state index in [0.717, 1.165) is 51.4 Å². The number of hydrogen-bond donors (Lipinski definition) is 4. The molecule has 0 unspecified atom stereocenters. The zero-order valence-electron chi connectivity index (χ0n) is 22.7. The maximum absolute atomic E-state index is 12.8. The summed E-state index contributed by atoms with van der Waals surface area (Å²) in [5, 5.41) is 42.8. The summed E-state index contributed by atoms with van der Waals surface area (Å²) in [4.78, 5) is 12.8. The Kier molecular flexibility index (Phi) is 5.56. The second-order valence-corrected chi connectivity index (χ2v) is 15.1. The van der Waals surface area contributed by atoms with Gasteiger partial charge in [0.2, 0.25) is 0 Å². The molecular formula is C30H48O5. The Hall–Kier alpha value is -0.910. The zero-order chi connectivity index (χ0) is 25.8. The van der Waals surface area contributed by atoms with Crippen LogP contribution in [0.15, 0.2) is 11.6 Å². The molecule has 0 amide bonds. The van der Waals surface area contributed by atoms with Crippen molar-refractivity contribution in [2.45, 2.75) is 112 Å². The lowest BCUT2D eigenvalue weighted by Crippen LogP contribution is -2.68. The molecule has 0 radical (unpaired) electrons. The lowest BCUT2D eigenvalue weighted by atomic mass is 9.33. The summed E-state index contributed by atoms with van der Waals surface area (Å²) in [5.41, 5.74) is -0.0632. The molecular weight excluding hydrogens is 440 g/mol. The SMILES string of the molecule is CC1(C)CC[C@]2(C(=O)O)CC[C@]3(C)C(=CC[C@@H]4[C@@]5(C)C[C@@H](O)[C@@H](O)[C@@](C)(CO)[C@@H]5CC[C@]43C)[C@@H]2C1. The second kappa shape index (κ2) is 7.57. The van der Waals surface area contributed by atoms with Gasteiger partial charge in [0.05, 0.1) is 24.2 Å². The van der Waals surface area contributed by atoms with Crippen molar-refractivity contribution in [1.82, 2.24) is 0 Å². The smallest absolute Gasteiger partial charge is 0.310 e. The van der Waals surface area contributed by atoms with Crippen molar-refractivity contribution in [1.29, 1.82) is 0 Å². The molecule has 4 saturated carbocycles. The van der Waals surface area contributed by atoms with E-state index in [0.29, 0.717) is 12.3 Å². The number of aliphatic hydroxyl groups is 3. The van der Waals surface area contributed by atoms with E-state index in [1.807, 2.05) is 6.92 Å². The van der Waals surface area contributed by atoms with E-state index >= 15 is 0 Å². The van der Waals surface area contributed by atoms with Crippen LogP contribution >= 0.6 is 0 Å². The van der Waals surface area contributed by atoms with Gasteiger partial charge in [-0.05, 0) is 97.2 Å². The van der Waals surface area contributed by atoms with Crippen LogP contribution in [0.2, 0.25) is 0 Å². The normalized spacial score (nSPS) is 55.0. The molecule has 4 fully saturated rings. The molecule has 0 spiro atoms. The molecule has 5 heteroatoms. The van der Waals surface area contributed by atoms with Gasteiger partial charge in [-0.25, -0.2) is 0 Å². The number of carboxylic acid groups (broad SMARTS) is 1. The number of rotatable bonds is 2. The molecule has 10 atom stereocenters. The van der Waals surface area contributed by atoms with Gasteiger partial charge in [0.15, 0.2) is 0 Å². The average Bonchev–Trinajstić information content (AvgIpc) is 2.77. The van der Waals surface area contributed by atoms with Gasteiger partial charge in [-0.2, -0.15) is 0 Å². The molecule has 0 aromatic heterocycles. The highest BCUT2D eigenvalue weighted by atomic mass is 16.4. The number of aliphatic carboxylic acids is 1. The van der Waals surface area contributed by atoms with Gasteiger partial charge in [0, 0.05) is 5.41 Å². The third kappa shape index (κ3) is 3.07. The Labute approximate surface area is 211 Å². The van der Waals surface area contributed by atoms with Crippen molar-refractivity contribution in [3.05, 3.63) is 11.6 Å². The van der Waals surface area contributed by atoms with Crippen molar-refractivity contribution in [2.24, 2.45) is 50.2 Å². The first-order valence-electron chi connectivity index (χ1n) is 14.0. The summed E-state index contributed by atoms with van der Waals surface area (Å²) < 4.78 is 0. The van der Waals surface area contributed by atoms with E-state index in [1.54, 1.807) is 0 Å². The van der Waals surface area contributed by atoms with Crippen LogP contribution in [0.25, 0.3) is 0 Å². The van der Waals surface area contributed by atoms with Gasteiger partial charge in [0.25, 0.3) is 0 Å².